The van der Waals surface area contributed by atoms with E-state index < -0.39 is 0 Å². The molecule has 4 rings (SSSR count). The van der Waals surface area contributed by atoms with Crippen LogP contribution in [-0.2, 0) is 0 Å². The Labute approximate surface area is 140 Å². The Morgan fingerprint density at radius 1 is 1.29 bits per heavy atom. The van der Waals surface area contributed by atoms with Gasteiger partial charge in [-0.2, -0.15) is 5.10 Å². The lowest BCUT2D eigenvalue weighted by molar-refractivity contribution is 0.233. The normalized spacial score (nSPS) is 20.5. The molecule has 0 spiro atoms. The molecule has 0 saturated carbocycles. The highest BCUT2D eigenvalue weighted by molar-refractivity contribution is 5.82. The van der Waals surface area contributed by atoms with Gasteiger partial charge in [-0.25, -0.2) is 9.98 Å². The summed E-state index contributed by atoms with van der Waals surface area (Å²) in [5.74, 6) is 1.65. The molecule has 0 aromatic carbocycles. The summed E-state index contributed by atoms with van der Waals surface area (Å²) in [5, 5.41) is 11.9. The second kappa shape index (κ2) is 6.14. The topological polar surface area (TPSA) is 78.4 Å². The quantitative estimate of drug-likeness (QED) is 0.902. The molecule has 0 amide bonds. The lowest BCUT2D eigenvalue weighted by Crippen LogP contribution is -2.27. The van der Waals surface area contributed by atoms with Crippen molar-refractivity contribution in [2.45, 2.75) is 38.8 Å². The van der Waals surface area contributed by atoms with Crippen molar-refractivity contribution < 1.29 is 4.74 Å². The number of nitrogens with one attached hydrogen (secondary N) is 2. The molecule has 0 radical (unpaired) electrons. The van der Waals surface area contributed by atoms with Gasteiger partial charge in [-0.15, -0.1) is 0 Å². The molecule has 1 fully saturated rings. The zero-order valence-electron chi connectivity index (χ0n) is 14.0. The minimum Gasteiger partial charge on any atom is -0.475 e. The summed E-state index contributed by atoms with van der Waals surface area (Å²) in [4.78, 5) is 11.1. The average molecular weight is 326 g/mol. The first-order valence-corrected chi connectivity index (χ1v) is 8.47. The van der Waals surface area contributed by atoms with E-state index in [1.807, 2.05) is 19.9 Å². The van der Waals surface area contributed by atoms with Gasteiger partial charge in [0.25, 0.3) is 0 Å². The van der Waals surface area contributed by atoms with Crippen molar-refractivity contribution in [3.05, 3.63) is 29.9 Å². The molecule has 4 heterocycles. The average Bonchev–Trinajstić information content (AvgIpc) is 3.24. The van der Waals surface area contributed by atoms with E-state index in [4.69, 9.17) is 4.74 Å². The van der Waals surface area contributed by atoms with Crippen LogP contribution in [0.4, 0.5) is 0 Å². The van der Waals surface area contributed by atoms with E-state index in [0.717, 1.165) is 35.5 Å². The van der Waals surface area contributed by atoms with Crippen molar-refractivity contribution in [3.8, 4) is 5.88 Å². The zero-order valence-corrected chi connectivity index (χ0v) is 14.0. The molecule has 2 N–H and O–H groups in total. The molecule has 1 saturated heterocycles. The number of likely N-dealkylation sites (tertiary alicyclic amines) is 1. The van der Waals surface area contributed by atoms with Crippen LogP contribution >= 0.6 is 0 Å². The van der Waals surface area contributed by atoms with E-state index in [2.05, 4.69) is 36.5 Å². The van der Waals surface area contributed by atoms with E-state index in [9.17, 15) is 0 Å². The van der Waals surface area contributed by atoms with E-state index in [1.54, 1.807) is 12.5 Å². The zero-order chi connectivity index (χ0) is 16.5. The molecule has 2 aliphatic rings. The van der Waals surface area contributed by atoms with E-state index >= 15 is 0 Å². The molecule has 2 aromatic heterocycles. The Kier molecular flexibility index (Phi) is 3.84. The molecular weight excluding hydrogens is 304 g/mol. The number of aromatic nitrogens is 3. The summed E-state index contributed by atoms with van der Waals surface area (Å²) in [7, 11) is 0. The van der Waals surface area contributed by atoms with Crippen molar-refractivity contribution >= 4 is 17.2 Å². The maximum absolute atomic E-state index is 5.71. The Bertz CT molecular complexity index is 787. The highest BCUT2D eigenvalue weighted by atomic mass is 16.5. The van der Waals surface area contributed by atoms with Gasteiger partial charge in [0.2, 0.25) is 5.88 Å². The molecule has 1 atom stereocenters. The molecule has 2 aromatic rings. The van der Waals surface area contributed by atoms with E-state index in [1.165, 1.54) is 12.8 Å². The summed E-state index contributed by atoms with van der Waals surface area (Å²) in [5.41, 5.74) is 1.84. The Morgan fingerprint density at radius 3 is 2.92 bits per heavy atom. The summed E-state index contributed by atoms with van der Waals surface area (Å²) in [6.07, 6.45) is 8.24. The lowest BCUT2D eigenvalue weighted by Gasteiger charge is -2.23. The third-order valence-electron chi connectivity index (χ3n) is 4.30. The van der Waals surface area contributed by atoms with Crippen molar-refractivity contribution in [3.63, 3.8) is 0 Å². The van der Waals surface area contributed by atoms with Crippen LogP contribution in [0.2, 0.25) is 0 Å². The number of ether oxygens (including phenoxy) is 1. The number of hydrogen-bond donors (Lipinski definition) is 2. The number of pyridine rings is 1. The molecule has 126 valence electrons. The maximum Gasteiger partial charge on any atom is 0.214 e. The van der Waals surface area contributed by atoms with Gasteiger partial charge in [0, 0.05) is 24.5 Å². The van der Waals surface area contributed by atoms with Crippen molar-refractivity contribution in [2.75, 3.05) is 13.1 Å². The fraction of sp³-hybridized carbons (Fsp3) is 0.471. The number of aromatic amines is 1. The summed E-state index contributed by atoms with van der Waals surface area (Å²) in [6.45, 7) is 6.14. The number of fused-ring (bicyclic) bond motifs is 1. The molecule has 2 aliphatic heterocycles. The van der Waals surface area contributed by atoms with Crippen LogP contribution < -0.4 is 10.1 Å². The standard InChI is InChI=1S/C17H22N6O/c1-11(2)24-16-7-12-14(9-18-16)21-22-17(12)13-8-15(20-10-19-13)23-5-3-4-6-23/h7-11,13H,3-6H2,1-2H3,(H,19,20)(H,21,22). The summed E-state index contributed by atoms with van der Waals surface area (Å²) >= 11 is 0. The third-order valence-corrected chi connectivity index (χ3v) is 4.30. The van der Waals surface area contributed by atoms with Crippen LogP contribution in [0.15, 0.2) is 29.2 Å². The van der Waals surface area contributed by atoms with E-state index in [0.29, 0.717) is 5.88 Å². The first-order valence-electron chi connectivity index (χ1n) is 8.47. The van der Waals surface area contributed by atoms with Crippen molar-refractivity contribution in [2.24, 2.45) is 4.99 Å². The van der Waals surface area contributed by atoms with Gasteiger partial charge >= 0.3 is 0 Å². The van der Waals surface area contributed by atoms with Crippen molar-refractivity contribution in [1.82, 2.24) is 25.4 Å². The van der Waals surface area contributed by atoms with Crippen LogP contribution in [0.25, 0.3) is 10.9 Å². The second-order valence-corrected chi connectivity index (χ2v) is 6.47. The number of hydrogen-bond acceptors (Lipinski definition) is 6. The fourth-order valence-corrected chi connectivity index (χ4v) is 3.18. The molecule has 0 bridgehead atoms. The Balaban J connectivity index is 1.66. The highest BCUT2D eigenvalue weighted by Crippen LogP contribution is 2.28. The van der Waals surface area contributed by atoms with Crippen LogP contribution in [0, 0.1) is 0 Å². The third kappa shape index (κ3) is 2.81. The minimum absolute atomic E-state index is 0.0128. The van der Waals surface area contributed by atoms with Gasteiger partial charge in [-0.1, -0.05) is 0 Å². The number of rotatable bonds is 4. The number of H-pyrrole nitrogens is 1. The molecule has 0 aliphatic carbocycles. The Morgan fingerprint density at radius 2 is 2.12 bits per heavy atom. The number of nitrogens with zero attached hydrogens (tertiary/aromatic N) is 4. The van der Waals surface area contributed by atoms with E-state index in [-0.39, 0.29) is 12.1 Å². The second-order valence-electron chi connectivity index (χ2n) is 6.47. The van der Waals surface area contributed by atoms with Gasteiger partial charge in [-0.05, 0) is 32.8 Å². The SMILES string of the molecule is CC(C)Oc1cc2c(C3C=C(N4CCCC4)N=CN3)n[nH]c2cn1. The predicted molar refractivity (Wildman–Crippen MR) is 92.9 cm³/mol. The largest absolute Gasteiger partial charge is 0.475 e. The summed E-state index contributed by atoms with van der Waals surface area (Å²) < 4.78 is 5.71. The molecule has 24 heavy (non-hydrogen) atoms. The van der Waals surface area contributed by atoms with Gasteiger partial charge in [0.1, 0.15) is 5.82 Å². The van der Waals surface area contributed by atoms with Crippen LogP contribution in [0.1, 0.15) is 38.4 Å². The van der Waals surface area contributed by atoms with Crippen LogP contribution in [0.5, 0.6) is 5.88 Å². The Hall–Kier alpha value is -2.57. The van der Waals surface area contributed by atoms with Gasteiger partial charge in [0.15, 0.2) is 0 Å². The van der Waals surface area contributed by atoms with Crippen LogP contribution in [-0.4, -0.2) is 45.6 Å². The molecular formula is C17H22N6O. The maximum atomic E-state index is 5.71. The smallest absolute Gasteiger partial charge is 0.214 e. The fourth-order valence-electron chi connectivity index (χ4n) is 3.18. The highest BCUT2D eigenvalue weighted by Gasteiger charge is 2.22. The first-order chi connectivity index (χ1) is 11.7. The van der Waals surface area contributed by atoms with Gasteiger partial charge in [0.05, 0.1) is 35.9 Å². The molecule has 7 heteroatoms. The molecule has 7 nitrogen and oxygen atoms in total. The van der Waals surface area contributed by atoms with Crippen LogP contribution in [0.3, 0.4) is 0 Å². The van der Waals surface area contributed by atoms with Crippen molar-refractivity contribution in [1.29, 1.82) is 0 Å². The first kappa shape index (κ1) is 15.0. The van der Waals surface area contributed by atoms with Gasteiger partial charge in [-0.3, -0.25) is 5.10 Å². The lowest BCUT2D eigenvalue weighted by atomic mass is 10.1. The summed E-state index contributed by atoms with van der Waals surface area (Å²) in [6, 6.07) is 1.94. The minimum atomic E-state index is -0.0128. The number of aliphatic imine (C=N–C) groups is 1. The van der Waals surface area contributed by atoms with Gasteiger partial charge < -0.3 is 15.0 Å². The predicted octanol–water partition coefficient (Wildman–Crippen LogP) is 2.35. The monoisotopic (exact) mass is 326 g/mol. The molecule has 1 unspecified atom stereocenters.